The summed E-state index contributed by atoms with van der Waals surface area (Å²) in [6, 6.07) is 9.32. The van der Waals surface area contributed by atoms with Crippen molar-refractivity contribution in [2.24, 2.45) is 0 Å². The van der Waals surface area contributed by atoms with Crippen molar-refractivity contribution in [2.45, 2.75) is 6.92 Å². The Morgan fingerprint density at radius 2 is 2.00 bits per heavy atom. The van der Waals surface area contributed by atoms with Gasteiger partial charge in [-0.05, 0) is 12.5 Å². The topological polar surface area (TPSA) is 37.3 Å². The second-order valence-corrected chi connectivity index (χ2v) is 2.65. The first-order chi connectivity index (χ1) is 6.29. The highest BCUT2D eigenvalue weighted by Gasteiger charge is 2.08. The standard InChI is InChI=1S/C11H12O2/c1-2-10(11(13)8-12)9-6-4-3-5-7-9/h2-7,12H,8H2,1H3. The molecule has 2 nitrogen and oxygen atoms in total. The van der Waals surface area contributed by atoms with Crippen LogP contribution in [-0.4, -0.2) is 17.5 Å². The van der Waals surface area contributed by atoms with Crippen molar-refractivity contribution in [3.8, 4) is 0 Å². The number of hydrogen-bond acceptors (Lipinski definition) is 2. The Morgan fingerprint density at radius 1 is 1.38 bits per heavy atom. The fourth-order valence-corrected chi connectivity index (χ4v) is 1.19. The predicted octanol–water partition coefficient (Wildman–Crippen LogP) is 1.65. The first-order valence-corrected chi connectivity index (χ1v) is 4.15. The van der Waals surface area contributed by atoms with Crippen molar-refractivity contribution in [3.05, 3.63) is 42.0 Å². The predicted molar refractivity (Wildman–Crippen MR) is 52.2 cm³/mol. The summed E-state index contributed by atoms with van der Waals surface area (Å²) in [5.74, 6) is -0.242. The van der Waals surface area contributed by atoms with Crippen LogP contribution in [-0.2, 0) is 4.79 Å². The highest BCUT2D eigenvalue weighted by molar-refractivity contribution is 6.21. The van der Waals surface area contributed by atoms with Crippen LogP contribution in [0.3, 0.4) is 0 Å². The summed E-state index contributed by atoms with van der Waals surface area (Å²) in [6.07, 6.45) is 1.72. The molecule has 1 rings (SSSR count). The zero-order valence-electron chi connectivity index (χ0n) is 7.53. The molecule has 0 heterocycles. The Morgan fingerprint density at radius 3 is 2.46 bits per heavy atom. The van der Waals surface area contributed by atoms with Crippen LogP contribution in [0.1, 0.15) is 12.5 Å². The summed E-state index contributed by atoms with van der Waals surface area (Å²) in [5, 5.41) is 8.71. The lowest BCUT2D eigenvalue weighted by Crippen LogP contribution is -2.06. The average molecular weight is 176 g/mol. The molecule has 0 saturated heterocycles. The number of aliphatic hydroxyl groups is 1. The van der Waals surface area contributed by atoms with Crippen LogP contribution in [0.5, 0.6) is 0 Å². The number of ketones is 1. The van der Waals surface area contributed by atoms with E-state index >= 15 is 0 Å². The minimum Gasteiger partial charge on any atom is -0.388 e. The van der Waals surface area contributed by atoms with Gasteiger partial charge in [-0.2, -0.15) is 0 Å². The number of aliphatic hydroxyl groups excluding tert-OH is 1. The van der Waals surface area contributed by atoms with Crippen molar-refractivity contribution in [2.75, 3.05) is 6.61 Å². The maximum Gasteiger partial charge on any atom is 0.188 e. The molecule has 2 heteroatoms. The van der Waals surface area contributed by atoms with Crippen molar-refractivity contribution < 1.29 is 9.90 Å². The minimum atomic E-state index is -0.436. The molecule has 0 aliphatic rings. The van der Waals surface area contributed by atoms with Gasteiger partial charge in [0.1, 0.15) is 6.61 Å². The zero-order chi connectivity index (χ0) is 9.68. The Labute approximate surface area is 77.5 Å². The third-order valence-corrected chi connectivity index (χ3v) is 1.82. The first kappa shape index (κ1) is 9.68. The maximum absolute atomic E-state index is 11.2. The normalized spacial score (nSPS) is 11.4. The molecule has 0 aliphatic heterocycles. The summed E-state index contributed by atoms with van der Waals surface area (Å²) < 4.78 is 0. The van der Waals surface area contributed by atoms with Gasteiger partial charge >= 0.3 is 0 Å². The van der Waals surface area contributed by atoms with Gasteiger partial charge in [0.05, 0.1) is 0 Å². The second kappa shape index (κ2) is 4.58. The van der Waals surface area contributed by atoms with Crippen molar-refractivity contribution in [1.82, 2.24) is 0 Å². The molecule has 0 radical (unpaired) electrons. The van der Waals surface area contributed by atoms with Crippen LogP contribution < -0.4 is 0 Å². The second-order valence-electron chi connectivity index (χ2n) is 2.65. The van der Waals surface area contributed by atoms with Crippen molar-refractivity contribution >= 4 is 11.4 Å². The van der Waals surface area contributed by atoms with Gasteiger partial charge in [0.2, 0.25) is 0 Å². The molecule has 1 aromatic rings. The lowest BCUT2D eigenvalue weighted by molar-refractivity contribution is -0.116. The molecular formula is C11H12O2. The van der Waals surface area contributed by atoms with Gasteiger partial charge in [0.25, 0.3) is 0 Å². The van der Waals surface area contributed by atoms with Gasteiger partial charge in [0.15, 0.2) is 5.78 Å². The maximum atomic E-state index is 11.2. The summed E-state index contributed by atoms with van der Waals surface area (Å²) in [7, 11) is 0. The highest BCUT2D eigenvalue weighted by atomic mass is 16.3. The zero-order valence-corrected chi connectivity index (χ0v) is 7.53. The summed E-state index contributed by atoms with van der Waals surface area (Å²) in [5.41, 5.74) is 1.42. The lowest BCUT2D eigenvalue weighted by atomic mass is 10.0. The van der Waals surface area contributed by atoms with Crippen LogP contribution in [0.25, 0.3) is 5.57 Å². The van der Waals surface area contributed by atoms with E-state index in [1.807, 2.05) is 30.3 Å². The first-order valence-electron chi connectivity index (χ1n) is 4.15. The van der Waals surface area contributed by atoms with E-state index in [9.17, 15) is 4.79 Å². The van der Waals surface area contributed by atoms with Crippen LogP contribution in [0.4, 0.5) is 0 Å². The largest absolute Gasteiger partial charge is 0.388 e. The van der Waals surface area contributed by atoms with Gasteiger partial charge in [0, 0.05) is 5.57 Å². The number of carbonyl (C=O) groups is 1. The van der Waals surface area contributed by atoms with E-state index in [4.69, 9.17) is 5.11 Å². The van der Waals surface area contributed by atoms with E-state index < -0.39 is 6.61 Å². The Balaban J connectivity index is 3.00. The smallest absolute Gasteiger partial charge is 0.188 e. The molecule has 0 saturated carbocycles. The van der Waals surface area contributed by atoms with E-state index in [2.05, 4.69) is 0 Å². The summed E-state index contributed by atoms with van der Waals surface area (Å²) in [4.78, 5) is 11.2. The number of rotatable bonds is 3. The molecule has 0 unspecified atom stereocenters. The quantitative estimate of drug-likeness (QED) is 0.711. The molecular weight excluding hydrogens is 164 g/mol. The fraction of sp³-hybridized carbons (Fsp3) is 0.182. The molecule has 0 aliphatic carbocycles. The van der Waals surface area contributed by atoms with E-state index in [1.165, 1.54) is 0 Å². The number of carbonyl (C=O) groups excluding carboxylic acids is 1. The summed E-state index contributed by atoms with van der Waals surface area (Å²) >= 11 is 0. The minimum absolute atomic E-state index is 0.242. The Hall–Kier alpha value is -1.41. The van der Waals surface area contributed by atoms with E-state index in [0.29, 0.717) is 5.57 Å². The third kappa shape index (κ3) is 2.26. The van der Waals surface area contributed by atoms with Gasteiger partial charge < -0.3 is 5.11 Å². The molecule has 68 valence electrons. The fourth-order valence-electron chi connectivity index (χ4n) is 1.19. The van der Waals surface area contributed by atoms with Crippen LogP contribution in [0.2, 0.25) is 0 Å². The molecule has 1 aromatic carbocycles. The van der Waals surface area contributed by atoms with Crippen LogP contribution in [0.15, 0.2) is 36.4 Å². The molecule has 0 amide bonds. The van der Waals surface area contributed by atoms with E-state index in [-0.39, 0.29) is 5.78 Å². The SMILES string of the molecule is CC=C(C(=O)CO)c1ccccc1. The van der Waals surface area contributed by atoms with Gasteiger partial charge in [-0.15, -0.1) is 0 Å². The number of allylic oxidation sites excluding steroid dienone is 1. The third-order valence-electron chi connectivity index (χ3n) is 1.82. The molecule has 0 fully saturated rings. The van der Waals surface area contributed by atoms with E-state index in [1.54, 1.807) is 13.0 Å². The van der Waals surface area contributed by atoms with Crippen LogP contribution in [0, 0.1) is 0 Å². The van der Waals surface area contributed by atoms with Gasteiger partial charge in [-0.1, -0.05) is 36.4 Å². The van der Waals surface area contributed by atoms with E-state index in [0.717, 1.165) is 5.56 Å². The molecule has 0 bridgehead atoms. The van der Waals surface area contributed by atoms with Crippen molar-refractivity contribution in [3.63, 3.8) is 0 Å². The Bertz CT molecular complexity index is 312. The molecule has 0 atom stereocenters. The average Bonchev–Trinajstić information content (AvgIpc) is 2.20. The number of Topliss-reactive ketones (excluding diaryl/α,β-unsaturated/α-hetero) is 1. The van der Waals surface area contributed by atoms with Crippen LogP contribution >= 0.6 is 0 Å². The highest BCUT2D eigenvalue weighted by Crippen LogP contribution is 2.14. The number of hydrogen-bond donors (Lipinski definition) is 1. The van der Waals surface area contributed by atoms with Crippen molar-refractivity contribution in [1.29, 1.82) is 0 Å². The van der Waals surface area contributed by atoms with Gasteiger partial charge in [-0.3, -0.25) is 4.79 Å². The lowest BCUT2D eigenvalue weighted by Gasteiger charge is -2.02. The number of benzene rings is 1. The molecule has 0 aromatic heterocycles. The monoisotopic (exact) mass is 176 g/mol. The van der Waals surface area contributed by atoms with Gasteiger partial charge in [-0.25, -0.2) is 0 Å². The molecule has 1 N–H and O–H groups in total. The molecule has 13 heavy (non-hydrogen) atoms. The summed E-state index contributed by atoms with van der Waals surface area (Å²) in [6.45, 7) is 1.35. The molecule has 0 spiro atoms. The Kier molecular flexibility index (Phi) is 3.41.